The topological polar surface area (TPSA) is 46.9 Å². The highest BCUT2D eigenvalue weighted by Gasteiger charge is 2.15. The van der Waals surface area contributed by atoms with E-state index in [2.05, 4.69) is 21.9 Å². The molecular formula is C16H15N3OS2. The average molecular weight is 329 g/mol. The van der Waals surface area contributed by atoms with Crippen LogP contribution < -0.4 is 5.32 Å². The molecular weight excluding hydrogens is 314 g/mol. The summed E-state index contributed by atoms with van der Waals surface area (Å²) in [5.74, 6) is -0.0965. The second-order valence-electron chi connectivity index (χ2n) is 4.65. The molecule has 3 rings (SSSR count). The van der Waals surface area contributed by atoms with E-state index >= 15 is 0 Å². The number of rotatable bonds is 6. The Balaban J connectivity index is 1.63. The molecule has 0 saturated carbocycles. The zero-order chi connectivity index (χ0) is 15.2. The lowest BCUT2D eigenvalue weighted by Gasteiger charge is -2.16. The Kier molecular flexibility index (Phi) is 4.82. The van der Waals surface area contributed by atoms with E-state index in [1.165, 1.54) is 0 Å². The first-order chi connectivity index (χ1) is 10.8. The van der Waals surface area contributed by atoms with E-state index < -0.39 is 0 Å². The molecule has 0 aromatic carbocycles. The van der Waals surface area contributed by atoms with Crippen molar-refractivity contribution in [3.63, 3.8) is 0 Å². The van der Waals surface area contributed by atoms with Crippen molar-refractivity contribution in [3.8, 4) is 0 Å². The molecule has 0 bridgehead atoms. The SMILES string of the molecule is O=C(/C=C/c1cccs1)NC[C@@H](c1ccsc1)n1cccn1. The number of nitrogens with zero attached hydrogens (tertiary/aromatic N) is 2. The van der Waals surface area contributed by atoms with Crippen molar-refractivity contribution in [3.05, 3.63) is 69.3 Å². The minimum absolute atomic E-state index is 0.0142. The lowest BCUT2D eigenvalue weighted by molar-refractivity contribution is -0.116. The van der Waals surface area contributed by atoms with E-state index in [-0.39, 0.29) is 11.9 Å². The fraction of sp³-hybridized carbons (Fsp3) is 0.125. The van der Waals surface area contributed by atoms with Crippen LogP contribution in [0.2, 0.25) is 0 Å². The van der Waals surface area contributed by atoms with Crippen LogP contribution in [-0.4, -0.2) is 22.2 Å². The van der Waals surface area contributed by atoms with E-state index in [1.54, 1.807) is 34.9 Å². The number of hydrogen-bond acceptors (Lipinski definition) is 4. The van der Waals surface area contributed by atoms with Crippen molar-refractivity contribution in [2.75, 3.05) is 6.54 Å². The van der Waals surface area contributed by atoms with Gasteiger partial charge in [0, 0.05) is 29.9 Å². The molecule has 1 atom stereocenters. The normalized spacial score (nSPS) is 12.5. The second kappa shape index (κ2) is 7.20. The first-order valence-corrected chi connectivity index (χ1v) is 8.66. The van der Waals surface area contributed by atoms with Crippen molar-refractivity contribution < 1.29 is 4.79 Å². The smallest absolute Gasteiger partial charge is 0.244 e. The molecule has 0 aliphatic carbocycles. The molecule has 3 aromatic rings. The van der Waals surface area contributed by atoms with Gasteiger partial charge in [-0.2, -0.15) is 16.4 Å². The molecule has 4 nitrogen and oxygen atoms in total. The zero-order valence-corrected chi connectivity index (χ0v) is 13.4. The Morgan fingerprint density at radius 3 is 3.00 bits per heavy atom. The molecule has 3 aromatic heterocycles. The summed E-state index contributed by atoms with van der Waals surface area (Å²) in [6, 6.07) is 7.90. The van der Waals surface area contributed by atoms with Gasteiger partial charge in [-0.25, -0.2) is 0 Å². The first kappa shape index (κ1) is 14.7. The third kappa shape index (κ3) is 3.72. The lowest BCUT2D eigenvalue weighted by Crippen LogP contribution is -2.30. The predicted octanol–water partition coefficient (Wildman–Crippen LogP) is 3.43. The summed E-state index contributed by atoms with van der Waals surface area (Å²) in [5.41, 5.74) is 1.15. The maximum Gasteiger partial charge on any atom is 0.244 e. The summed E-state index contributed by atoms with van der Waals surface area (Å²) in [5, 5.41) is 13.3. The van der Waals surface area contributed by atoms with Gasteiger partial charge in [-0.15, -0.1) is 11.3 Å². The highest BCUT2D eigenvalue weighted by atomic mass is 32.1. The fourth-order valence-electron chi connectivity index (χ4n) is 2.09. The monoisotopic (exact) mass is 329 g/mol. The van der Waals surface area contributed by atoms with Crippen LogP contribution in [0.25, 0.3) is 6.08 Å². The van der Waals surface area contributed by atoms with Crippen LogP contribution in [0.4, 0.5) is 0 Å². The number of carbonyl (C=O) groups excluding carboxylic acids is 1. The molecule has 0 fully saturated rings. The number of thiophene rings is 2. The van der Waals surface area contributed by atoms with E-state index in [0.717, 1.165) is 10.4 Å². The van der Waals surface area contributed by atoms with Crippen molar-refractivity contribution in [1.29, 1.82) is 0 Å². The van der Waals surface area contributed by atoms with Gasteiger partial charge in [0.2, 0.25) is 5.91 Å². The predicted molar refractivity (Wildman–Crippen MR) is 91.0 cm³/mol. The van der Waals surface area contributed by atoms with Gasteiger partial charge >= 0.3 is 0 Å². The molecule has 0 radical (unpaired) electrons. The van der Waals surface area contributed by atoms with E-state index in [1.807, 2.05) is 45.9 Å². The van der Waals surface area contributed by atoms with E-state index in [0.29, 0.717) is 6.54 Å². The van der Waals surface area contributed by atoms with Crippen molar-refractivity contribution in [2.45, 2.75) is 6.04 Å². The van der Waals surface area contributed by atoms with Crippen LogP contribution in [0.15, 0.2) is 58.9 Å². The molecule has 112 valence electrons. The average Bonchev–Trinajstić information content (AvgIpc) is 3.27. The lowest BCUT2D eigenvalue weighted by atomic mass is 10.1. The maximum absolute atomic E-state index is 12.0. The van der Waals surface area contributed by atoms with Crippen LogP contribution in [0, 0.1) is 0 Å². The first-order valence-electron chi connectivity index (χ1n) is 6.83. The number of nitrogens with one attached hydrogen (secondary N) is 1. The summed E-state index contributed by atoms with van der Waals surface area (Å²) in [7, 11) is 0. The van der Waals surface area contributed by atoms with E-state index in [9.17, 15) is 4.79 Å². The van der Waals surface area contributed by atoms with Gasteiger partial charge in [-0.1, -0.05) is 6.07 Å². The van der Waals surface area contributed by atoms with Crippen LogP contribution in [0.1, 0.15) is 16.5 Å². The molecule has 0 saturated heterocycles. The summed E-state index contributed by atoms with van der Waals surface area (Å²) in [6.07, 6.45) is 7.06. The summed E-state index contributed by atoms with van der Waals surface area (Å²) in [4.78, 5) is 13.0. The Hall–Kier alpha value is -2.18. The van der Waals surface area contributed by atoms with Crippen LogP contribution in [0.5, 0.6) is 0 Å². The van der Waals surface area contributed by atoms with Gasteiger partial charge < -0.3 is 5.32 Å². The van der Waals surface area contributed by atoms with Crippen LogP contribution >= 0.6 is 22.7 Å². The van der Waals surface area contributed by atoms with Gasteiger partial charge in [0.25, 0.3) is 0 Å². The standard InChI is InChI=1S/C16H15N3OS2/c20-16(5-4-14-3-1-9-22-14)17-11-15(13-6-10-21-12-13)19-8-2-7-18-19/h1-10,12,15H,11H2,(H,17,20)/b5-4+/t15-/m0/s1. The Labute approximate surface area is 136 Å². The minimum Gasteiger partial charge on any atom is -0.350 e. The largest absolute Gasteiger partial charge is 0.350 e. The second-order valence-corrected chi connectivity index (χ2v) is 6.41. The molecule has 6 heteroatoms. The van der Waals surface area contributed by atoms with Crippen LogP contribution in [0.3, 0.4) is 0 Å². The molecule has 0 unspecified atom stereocenters. The van der Waals surface area contributed by atoms with E-state index in [4.69, 9.17) is 0 Å². The molecule has 22 heavy (non-hydrogen) atoms. The quantitative estimate of drug-likeness (QED) is 0.704. The van der Waals surface area contributed by atoms with Crippen LogP contribution in [-0.2, 0) is 4.79 Å². The summed E-state index contributed by atoms with van der Waals surface area (Å²) >= 11 is 3.25. The fourth-order valence-corrected chi connectivity index (χ4v) is 3.42. The number of hydrogen-bond donors (Lipinski definition) is 1. The molecule has 0 aliphatic rings. The minimum atomic E-state index is -0.0965. The molecule has 1 N–H and O–H groups in total. The van der Waals surface area contributed by atoms with Gasteiger partial charge in [-0.3, -0.25) is 9.48 Å². The molecule has 0 spiro atoms. The Morgan fingerprint density at radius 2 is 2.32 bits per heavy atom. The Bertz CT molecular complexity index is 681. The Morgan fingerprint density at radius 1 is 1.36 bits per heavy atom. The number of amides is 1. The van der Waals surface area contributed by atoms with Crippen molar-refractivity contribution in [1.82, 2.24) is 15.1 Å². The third-order valence-electron chi connectivity index (χ3n) is 3.18. The van der Waals surface area contributed by atoms with Gasteiger partial charge in [0.15, 0.2) is 0 Å². The van der Waals surface area contributed by atoms with Gasteiger partial charge in [0.05, 0.1) is 6.04 Å². The zero-order valence-electron chi connectivity index (χ0n) is 11.8. The molecule has 3 heterocycles. The van der Waals surface area contributed by atoms with Gasteiger partial charge in [0.1, 0.15) is 0 Å². The maximum atomic E-state index is 12.0. The third-order valence-corrected chi connectivity index (χ3v) is 4.72. The number of carbonyl (C=O) groups is 1. The molecule has 1 amide bonds. The van der Waals surface area contributed by atoms with Gasteiger partial charge in [-0.05, 0) is 46.0 Å². The highest BCUT2D eigenvalue weighted by molar-refractivity contribution is 7.10. The van der Waals surface area contributed by atoms with Crippen molar-refractivity contribution >= 4 is 34.7 Å². The summed E-state index contributed by atoms with van der Waals surface area (Å²) in [6.45, 7) is 0.506. The number of aromatic nitrogens is 2. The molecule has 0 aliphatic heterocycles. The van der Waals surface area contributed by atoms with Crippen molar-refractivity contribution in [2.24, 2.45) is 0 Å². The summed E-state index contributed by atoms with van der Waals surface area (Å²) < 4.78 is 1.87. The highest BCUT2D eigenvalue weighted by Crippen LogP contribution is 2.19.